The summed E-state index contributed by atoms with van der Waals surface area (Å²) in [7, 11) is 0.141. The molecule has 1 aliphatic rings. The van der Waals surface area contributed by atoms with Gasteiger partial charge in [0, 0.05) is 0 Å². The van der Waals surface area contributed by atoms with Crippen LogP contribution in [0.3, 0.4) is 0 Å². The van der Waals surface area contributed by atoms with Crippen LogP contribution in [0.15, 0.2) is 23.8 Å². The van der Waals surface area contributed by atoms with Gasteiger partial charge in [0.05, 0.1) is 0 Å². The van der Waals surface area contributed by atoms with Crippen molar-refractivity contribution in [3.05, 3.63) is 23.8 Å². The Morgan fingerprint density at radius 1 is 1.07 bits per heavy atom. The van der Waals surface area contributed by atoms with Gasteiger partial charge in [-0.1, -0.05) is 66.3 Å². The molecule has 14 heavy (non-hydrogen) atoms. The first-order chi connectivity index (χ1) is 6.54. The molecule has 0 nitrogen and oxygen atoms in total. The Balaban J connectivity index is 2.68. The van der Waals surface area contributed by atoms with E-state index in [1.807, 2.05) is 0 Å². The monoisotopic (exact) mass is 210 g/mol. The first-order valence-electron chi connectivity index (χ1n) is 5.67. The standard InChI is InChI=1S/C13H23P/c1-10(2)14(11(3)4)12(5)13-8-6-7-9-13/h6-8,10-12H,9H2,1-5H3. The molecule has 1 unspecified atom stereocenters. The molecule has 0 fully saturated rings. The quantitative estimate of drug-likeness (QED) is 0.597. The summed E-state index contributed by atoms with van der Waals surface area (Å²) in [5, 5.41) is 0. The van der Waals surface area contributed by atoms with E-state index in [-0.39, 0.29) is 7.92 Å². The highest BCUT2D eigenvalue weighted by Crippen LogP contribution is 2.53. The van der Waals surface area contributed by atoms with Gasteiger partial charge in [0.25, 0.3) is 0 Å². The van der Waals surface area contributed by atoms with E-state index in [1.165, 1.54) is 6.42 Å². The van der Waals surface area contributed by atoms with Crippen LogP contribution in [0.25, 0.3) is 0 Å². The van der Waals surface area contributed by atoms with Crippen LogP contribution in [0.4, 0.5) is 0 Å². The number of rotatable bonds is 4. The third kappa shape index (κ3) is 2.70. The van der Waals surface area contributed by atoms with Gasteiger partial charge < -0.3 is 0 Å². The molecule has 80 valence electrons. The van der Waals surface area contributed by atoms with Crippen LogP contribution >= 0.6 is 7.92 Å². The van der Waals surface area contributed by atoms with Crippen molar-refractivity contribution in [1.29, 1.82) is 0 Å². The fraction of sp³-hybridized carbons (Fsp3) is 0.692. The van der Waals surface area contributed by atoms with Crippen LogP contribution in [0.2, 0.25) is 0 Å². The largest absolute Gasteiger partial charge is 0.0944 e. The first kappa shape index (κ1) is 12.0. The SMILES string of the molecule is CC(C)P(C(C)C)C(C)C1=CC=CC1. The second kappa shape index (κ2) is 5.12. The maximum Gasteiger partial charge on any atom is -0.00169 e. The molecule has 0 saturated heterocycles. The third-order valence-corrected chi connectivity index (χ3v) is 6.59. The smallest absolute Gasteiger partial charge is 0.00169 e. The van der Waals surface area contributed by atoms with Gasteiger partial charge in [-0.2, -0.15) is 0 Å². The molecule has 1 atom stereocenters. The van der Waals surface area contributed by atoms with E-state index in [4.69, 9.17) is 0 Å². The van der Waals surface area contributed by atoms with E-state index >= 15 is 0 Å². The van der Waals surface area contributed by atoms with E-state index in [0.717, 1.165) is 17.0 Å². The Kier molecular flexibility index (Phi) is 4.38. The van der Waals surface area contributed by atoms with E-state index in [2.05, 4.69) is 52.8 Å². The topological polar surface area (TPSA) is 0 Å². The minimum atomic E-state index is 0.141. The molecule has 1 aliphatic carbocycles. The second-order valence-electron chi connectivity index (χ2n) is 4.68. The predicted octanol–water partition coefficient (Wildman–Crippen LogP) is 4.56. The van der Waals surface area contributed by atoms with Gasteiger partial charge in [-0.3, -0.25) is 0 Å². The molecule has 0 aliphatic heterocycles. The number of hydrogen-bond acceptors (Lipinski definition) is 0. The molecule has 0 spiro atoms. The first-order valence-corrected chi connectivity index (χ1v) is 7.22. The Morgan fingerprint density at radius 2 is 1.64 bits per heavy atom. The van der Waals surface area contributed by atoms with Crippen molar-refractivity contribution in [2.45, 2.75) is 58.0 Å². The fourth-order valence-electron chi connectivity index (χ4n) is 2.46. The van der Waals surface area contributed by atoms with Crippen LogP contribution in [-0.2, 0) is 0 Å². The molecule has 0 radical (unpaired) electrons. The van der Waals surface area contributed by atoms with Crippen molar-refractivity contribution in [3.63, 3.8) is 0 Å². The molecule has 0 heterocycles. The van der Waals surface area contributed by atoms with E-state index < -0.39 is 0 Å². The summed E-state index contributed by atoms with van der Waals surface area (Å²) in [5.41, 5.74) is 4.15. The Hall–Kier alpha value is -0.0900. The summed E-state index contributed by atoms with van der Waals surface area (Å²) in [6.07, 6.45) is 8.00. The lowest BCUT2D eigenvalue weighted by Gasteiger charge is -2.32. The lowest BCUT2D eigenvalue weighted by molar-refractivity contribution is 0.943. The van der Waals surface area contributed by atoms with Crippen LogP contribution < -0.4 is 0 Å². The summed E-state index contributed by atoms with van der Waals surface area (Å²) in [6, 6.07) is 0. The minimum Gasteiger partial charge on any atom is -0.0944 e. The van der Waals surface area contributed by atoms with Gasteiger partial charge in [0.2, 0.25) is 0 Å². The normalized spacial score (nSPS) is 18.4. The molecule has 1 rings (SSSR count). The Bertz CT molecular complexity index is 228. The number of allylic oxidation sites excluding steroid dienone is 4. The van der Waals surface area contributed by atoms with Crippen molar-refractivity contribution in [3.8, 4) is 0 Å². The maximum atomic E-state index is 2.42. The van der Waals surface area contributed by atoms with Gasteiger partial charge in [-0.15, -0.1) is 0 Å². The lowest BCUT2D eigenvalue weighted by Crippen LogP contribution is -2.15. The molecule has 0 aromatic heterocycles. The van der Waals surface area contributed by atoms with Gasteiger partial charge in [0.1, 0.15) is 0 Å². The zero-order chi connectivity index (χ0) is 10.7. The molecular weight excluding hydrogens is 187 g/mol. The van der Waals surface area contributed by atoms with Crippen molar-refractivity contribution in [2.24, 2.45) is 0 Å². The van der Waals surface area contributed by atoms with Crippen LogP contribution in [-0.4, -0.2) is 17.0 Å². The maximum absolute atomic E-state index is 2.42. The van der Waals surface area contributed by atoms with E-state index in [1.54, 1.807) is 5.57 Å². The van der Waals surface area contributed by atoms with Gasteiger partial charge >= 0.3 is 0 Å². The van der Waals surface area contributed by atoms with Gasteiger partial charge in [-0.05, 0) is 23.4 Å². The highest BCUT2D eigenvalue weighted by molar-refractivity contribution is 7.60. The highest BCUT2D eigenvalue weighted by atomic mass is 31.1. The zero-order valence-electron chi connectivity index (χ0n) is 10.1. The molecule has 0 N–H and O–H groups in total. The molecular formula is C13H23P. The van der Waals surface area contributed by atoms with Crippen LogP contribution in [0.1, 0.15) is 41.0 Å². The van der Waals surface area contributed by atoms with Crippen molar-refractivity contribution < 1.29 is 0 Å². The number of hydrogen-bond donors (Lipinski definition) is 0. The summed E-state index contributed by atoms with van der Waals surface area (Å²) >= 11 is 0. The second-order valence-corrected chi connectivity index (χ2v) is 8.42. The molecule has 0 bridgehead atoms. The summed E-state index contributed by atoms with van der Waals surface area (Å²) in [5.74, 6) is 0. The van der Waals surface area contributed by atoms with Crippen molar-refractivity contribution >= 4 is 7.92 Å². The molecule has 1 heteroatoms. The van der Waals surface area contributed by atoms with Crippen LogP contribution in [0, 0.1) is 0 Å². The zero-order valence-corrected chi connectivity index (χ0v) is 11.0. The molecule has 0 amide bonds. The summed E-state index contributed by atoms with van der Waals surface area (Å²) in [4.78, 5) is 0. The Morgan fingerprint density at radius 3 is 2.00 bits per heavy atom. The average molecular weight is 210 g/mol. The molecule has 0 saturated carbocycles. The van der Waals surface area contributed by atoms with Gasteiger partial charge in [-0.25, -0.2) is 0 Å². The van der Waals surface area contributed by atoms with Gasteiger partial charge in [0.15, 0.2) is 0 Å². The molecule has 0 aromatic carbocycles. The third-order valence-electron chi connectivity index (χ3n) is 2.98. The summed E-state index contributed by atoms with van der Waals surface area (Å²) < 4.78 is 0. The van der Waals surface area contributed by atoms with Crippen LogP contribution in [0.5, 0.6) is 0 Å². The summed E-state index contributed by atoms with van der Waals surface area (Å²) in [6.45, 7) is 11.9. The van der Waals surface area contributed by atoms with Crippen molar-refractivity contribution in [2.75, 3.05) is 0 Å². The van der Waals surface area contributed by atoms with Crippen molar-refractivity contribution in [1.82, 2.24) is 0 Å². The Labute approximate surface area is 90.2 Å². The van der Waals surface area contributed by atoms with E-state index in [9.17, 15) is 0 Å². The highest BCUT2D eigenvalue weighted by Gasteiger charge is 2.25. The lowest BCUT2D eigenvalue weighted by atomic mass is 10.2. The average Bonchev–Trinajstić information content (AvgIpc) is 2.53. The molecule has 0 aromatic rings. The minimum absolute atomic E-state index is 0.141. The fourth-order valence-corrected chi connectivity index (χ4v) is 6.01. The van der Waals surface area contributed by atoms with E-state index in [0.29, 0.717) is 0 Å². The predicted molar refractivity (Wildman–Crippen MR) is 68.5 cm³/mol.